The van der Waals surface area contributed by atoms with E-state index in [0.29, 0.717) is 0 Å². The lowest BCUT2D eigenvalue weighted by molar-refractivity contribution is 0.204. The first-order valence-corrected chi connectivity index (χ1v) is 11.2. The van der Waals surface area contributed by atoms with Crippen molar-refractivity contribution in [2.45, 2.75) is 72.3 Å². The van der Waals surface area contributed by atoms with Gasteiger partial charge in [-0.2, -0.15) is 0 Å². The zero-order valence-corrected chi connectivity index (χ0v) is 16.8. The molecule has 2 atom stereocenters. The van der Waals surface area contributed by atoms with Crippen molar-refractivity contribution in [3.05, 3.63) is 34.4 Å². The minimum Gasteiger partial charge on any atom is -0.395 e. The molecule has 0 spiro atoms. The first-order valence-electron chi connectivity index (χ1n) is 8.15. The third-order valence-electron chi connectivity index (χ3n) is 5.25. The average Bonchev–Trinajstić information content (AvgIpc) is 2.34. The molecule has 0 heterocycles. The number of benzene rings is 1. The molecule has 0 saturated carbocycles. The third-order valence-corrected chi connectivity index (χ3v) is 11.1. The van der Waals surface area contributed by atoms with Crippen molar-refractivity contribution < 1.29 is 5.11 Å². The van der Waals surface area contributed by atoms with Gasteiger partial charge in [0, 0.05) is 11.5 Å². The highest BCUT2D eigenvalue weighted by Crippen LogP contribution is 2.39. The largest absolute Gasteiger partial charge is 0.395 e. The Morgan fingerprint density at radius 3 is 1.91 bits per heavy atom. The molecule has 1 nitrogen and oxygen atoms in total. The fourth-order valence-electron chi connectivity index (χ4n) is 2.71. The van der Waals surface area contributed by atoms with Crippen molar-refractivity contribution in [1.29, 1.82) is 0 Å². The summed E-state index contributed by atoms with van der Waals surface area (Å²) in [5.41, 5.74) is 4.51. The Kier molecular flexibility index (Phi) is 5.70. The standard InChI is InChI=1S/C20H32OSi/c1-14-12-16(3)18(17(4)13-14)11-10-15(2)19(21)22(8,9)20(5,6)7/h12-13,15,19,21H,1-9H3/t15-,19-/m0/s1. The van der Waals surface area contributed by atoms with Crippen molar-refractivity contribution in [3.63, 3.8) is 0 Å². The van der Waals surface area contributed by atoms with Crippen molar-refractivity contribution in [2.75, 3.05) is 0 Å². The zero-order chi connectivity index (χ0) is 17.3. The average molecular weight is 317 g/mol. The Hall–Kier alpha value is -1.04. The second-order valence-electron chi connectivity index (χ2n) is 8.25. The molecular formula is C20H32OSi. The molecule has 1 N–H and O–H groups in total. The van der Waals surface area contributed by atoms with Crippen LogP contribution in [0.5, 0.6) is 0 Å². The van der Waals surface area contributed by atoms with E-state index in [2.05, 4.69) is 85.5 Å². The maximum Gasteiger partial charge on any atom is 0.0880 e. The summed E-state index contributed by atoms with van der Waals surface area (Å²) in [6, 6.07) is 4.35. The molecular weight excluding hydrogens is 284 g/mol. The highest BCUT2D eigenvalue weighted by molar-refractivity contribution is 6.81. The first-order chi connectivity index (χ1) is 9.87. The Labute approximate surface area is 138 Å². The predicted molar refractivity (Wildman–Crippen MR) is 99.9 cm³/mol. The molecule has 0 aliphatic rings. The number of hydrogen-bond acceptors (Lipinski definition) is 1. The van der Waals surface area contributed by atoms with Crippen molar-refractivity contribution >= 4 is 8.07 Å². The van der Waals surface area contributed by atoms with Crippen molar-refractivity contribution in [2.24, 2.45) is 5.92 Å². The van der Waals surface area contributed by atoms with E-state index in [1.807, 2.05) is 0 Å². The van der Waals surface area contributed by atoms with Crippen molar-refractivity contribution in [1.82, 2.24) is 0 Å². The molecule has 22 heavy (non-hydrogen) atoms. The van der Waals surface area contributed by atoms with E-state index in [9.17, 15) is 5.11 Å². The van der Waals surface area contributed by atoms with Gasteiger partial charge in [-0.05, 0) is 43.9 Å². The second-order valence-corrected chi connectivity index (χ2v) is 13.8. The molecule has 0 aliphatic heterocycles. The summed E-state index contributed by atoms with van der Waals surface area (Å²) in [7, 11) is -1.79. The molecule has 1 aromatic carbocycles. The number of hydrogen-bond donors (Lipinski definition) is 1. The SMILES string of the molecule is Cc1cc(C)c(C#C[C@H](C)[C@@H](O)[Si](C)(C)C(C)(C)C)c(C)c1. The quantitative estimate of drug-likeness (QED) is 0.601. The second kappa shape index (κ2) is 6.60. The zero-order valence-electron chi connectivity index (χ0n) is 15.8. The normalized spacial score (nSPS) is 15.0. The molecule has 0 aromatic heterocycles. The number of aryl methyl sites for hydroxylation is 3. The number of aliphatic hydroxyl groups is 1. The molecule has 1 aromatic rings. The van der Waals surface area contributed by atoms with Gasteiger partial charge in [0.2, 0.25) is 0 Å². The minimum atomic E-state index is -1.79. The van der Waals surface area contributed by atoms with E-state index in [1.165, 1.54) is 16.7 Å². The van der Waals surface area contributed by atoms with Crippen LogP contribution >= 0.6 is 0 Å². The van der Waals surface area contributed by atoms with Crippen LogP contribution in [0.15, 0.2) is 12.1 Å². The van der Waals surface area contributed by atoms with E-state index in [4.69, 9.17) is 0 Å². The topological polar surface area (TPSA) is 20.2 Å². The van der Waals surface area contributed by atoms with Crippen molar-refractivity contribution in [3.8, 4) is 11.8 Å². The van der Waals surface area contributed by atoms with Gasteiger partial charge in [-0.1, -0.05) is 63.4 Å². The summed E-state index contributed by atoms with van der Waals surface area (Å²) in [5, 5.41) is 11.0. The lowest BCUT2D eigenvalue weighted by atomic mass is 9.99. The van der Waals surface area contributed by atoms with Gasteiger partial charge < -0.3 is 5.11 Å². The van der Waals surface area contributed by atoms with Gasteiger partial charge in [-0.25, -0.2) is 0 Å². The van der Waals surface area contributed by atoms with Crippen LogP contribution in [0.4, 0.5) is 0 Å². The third kappa shape index (κ3) is 4.03. The van der Waals surface area contributed by atoms with E-state index >= 15 is 0 Å². The maximum atomic E-state index is 10.8. The Morgan fingerprint density at radius 1 is 1.05 bits per heavy atom. The van der Waals surface area contributed by atoms with Crippen LogP contribution in [-0.4, -0.2) is 18.9 Å². The fourth-order valence-corrected chi connectivity index (χ4v) is 4.93. The Balaban J connectivity index is 3.08. The Morgan fingerprint density at radius 2 is 1.50 bits per heavy atom. The van der Waals surface area contributed by atoms with Gasteiger partial charge in [0.25, 0.3) is 0 Å². The molecule has 0 unspecified atom stereocenters. The summed E-state index contributed by atoms with van der Waals surface area (Å²) < 4.78 is 0. The summed E-state index contributed by atoms with van der Waals surface area (Å²) in [4.78, 5) is 0. The summed E-state index contributed by atoms with van der Waals surface area (Å²) in [6.07, 6.45) is 0. The summed E-state index contributed by atoms with van der Waals surface area (Å²) >= 11 is 0. The van der Waals surface area contributed by atoms with Crippen LogP contribution in [0.3, 0.4) is 0 Å². The van der Waals surface area contributed by atoms with Gasteiger partial charge in [-0.15, -0.1) is 0 Å². The van der Waals surface area contributed by atoms with E-state index in [1.54, 1.807) is 0 Å². The van der Waals surface area contributed by atoms with E-state index < -0.39 is 8.07 Å². The minimum absolute atomic E-state index is 0.000921. The van der Waals surface area contributed by atoms with Gasteiger partial charge >= 0.3 is 0 Å². The van der Waals surface area contributed by atoms with Crippen LogP contribution in [0.2, 0.25) is 18.1 Å². The summed E-state index contributed by atoms with van der Waals surface area (Å²) in [6.45, 7) is 19.6. The molecule has 0 amide bonds. The highest BCUT2D eigenvalue weighted by Gasteiger charge is 2.43. The number of rotatable bonds is 2. The lowest BCUT2D eigenvalue weighted by Gasteiger charge is -2.41. The molecule has 0 fully saturated rings. The van der Waals surface area contributed by atoms with Gasteiger partial charge in [-0.3, -0.25) is 0 Å². The summed E-state index contributed by atoms with van der Waals surface area (Å²) in [5.74, 6) is 6.64. The smallest absolute Gasteiger partial charge is 0.0880 e. The Bertz CT molecular complexity index is 573. The monoisotopic (exact) mass is 316 g/mol. The van der Waals surface area contributed by atoms with Gasteiger partial charge in [0.05, 0.1) is 13.8 Å². The van der Waals surface area contributed by atoms with Crippen LogP contribution in [0.25, 0.3) is 0 Å². The molecule has 0 radical (unpaired) electrons. The molecule has 0 aliphatic carbocycles. The highest BCUT2D eigenvalue weighted by atomic mass is 28.3. The van der Waals surface area contributed by atoms with E-state index in [0.717, 1.165) is 5.56 Å². The molecule has 0 bridgehead atoms. The van der Waals surface area contributed by atoms with E-state index in [-0.39, 0.29) is 16.7 Å². The molecule has 0 saturated heterocycles. The van der Waals surface area contributed by atoms with Crippen LogP contribution < -0.4 is 0 Å². The molecule has 2 heteroatoms. The maximum absolute atomic E-state index is 10.8. The number of aliphatic hydroxyl groups excluding tert-OH is 1. The van der Waals surface area contributed by atoms with Crippen LogP contribution in [0.1, 0.15) is 49.9 Å². The fraction of sp³-hybridized carbons (Fsp3) is 0.600. The molecule has 1 rings (SSSR count). The lowest BCUT2D eigenvalue weighted by Crippen LogP contribution is -2.52. The van der Waals surface area contributed by atoms with Gasteiger partial charge in [0.15, 0.2) is 0 Å². The molecule has 122 valence electrons. The van der Waals surface area contributed by atoms with Gasteiger partial charge in [0.1, 0.15) is 0 Å². The van der Waals surface area contributed by atoms with Crippen LogP contribution in [-0.2, 0) is 0 Å². The van der Waals surface area contributed by atoms with Crippen LogP contribution in [0, 0.1) is 38.5 Å². The predicted octanol–water partition coefficient (Wildman–Crippen LogP) is 5.01. The first kappa shape index (κ1) is 19.0.